The fourth-order valence-electron chi connectivity index (χ4n) is 2.35. The van der Waals surface area contributed by atoms with E-state index in [1.165, 1.54) is 6.26 Å². The van der Waals surface area contributed by atoms with E-state index in [1.807, 2.05) is 6.92 Å². The largest absolute Gasteiger partial charge is 0.459 e. The van der Waals surface area contributed by atoms with Gasteiger partial charge in [-0.1, -0.05) is 6.92 Å². The minimum atomic E-state index is -0.343. The lowest BCUT2D eigenvalue weighted by molar-refractivity contribution is -0.121. The normalized spacial score (nSPS) is 12.9. The first-order valence-electron chi connectivity index (χ1n) is 7.47. The number of amides is 2. The smallest absolute Gasteiger partial charge is 0.292 e. The fraction of sp³-hybridized carbons (Fsp3) is 0.400. The summed E-state index contributed by atoms with van der Waals surface area (Å²) in [6.07, 6.45) is 2.32. The number of carbonyl (C=O) groups excluding carboxylic acids is 2. The minimum absolute atomic E-state index is 0.0887. The van der Waals surface area contributed by atoms with Crippen molar-refractivity contribution < 1.29 is 14.0 Å². The van der Waals surface area contributed by atoms with Crippen molar-refractivity contribution in [2.45, 2.75) is 31.4 Å². The van der Waals surface area contributed by atoms with Crippen LogP contribution in [0.3, 0.4) is 0 Å². The number of hydrogen-bond donors (Lipinski definition) is 2. The van der Waals surface area contributed by atoms with E-state index in [2.05, 4.69) is 15.7 Å². The number of nitrogens with one attached hydrogen (secondary N) is 2. The minimum Gasteiger partial charge on any atom is -0.459 e. The van der Waals surface area contributed by atoms with Gasteiger partial charge in [-0.05, 0) is 18.6 Å². The lowest BCUT2D eigenvalue weighted by Gasteiger charge is -2.10. The van der Waals surface area contributed by atoms with Crippen molar-refractivity contribution in [3.8, 4) is 0 Å². The Hall–Kier alpha value is -2.22. The second kappa shape index (κ2) is 6.91. The molecule has 122 valence electrons. The predicted molar refractivity (Wildman–Crippen MR) is 87.2 cm³/mol. The highest BCUT2D eigenvalue weighted by Gasteiger charge is 2.25. The summed E-state index contributed by atoms with van der Waals surface area (Å²) in [5, 5.41) is 10.1. The topological polar surface area (TPSA) is 89.2 Å². The second-order valence-electron chi connectivity index (χ2n) is 5.21. The maximum absolute atomic E-state index is 12.2. The lowest BCUT2D eigenvalue weighted by Crippen LogP contribution is -2.29. The molecule has 0 atom stereocenters. The van der Waals surface area contributed by atoms with Crippen molar-refractivity contribution in [2.75, 3.05) is 11.9 Å². The molecule has 0 spiro atoms. The van der Waals surface area contributed by atoms with Crippen LogP contribution in [0.2, 0.25) is 0 Å². The standard InChI is InChI=1S/C15H18N4O3S/c1-2-5-16-13(20)7-19-14(10-8-23-9-11(10)18-19)17-15(21)12-4-3-6-22-12/h3-4,6H,2,5,7-9H2,1H3,(H,16,20)(H,17,21). The van der Waals surface area contributed by atoms with Gasteiger partial charge in [0.25, 0.3) is 5.91 Å². The number of hydrogen-bond acceptors (Lipinski definition) is 5. The van der Waals surface area contributed by atoms with Crippen molar-refractivity contribution in [3.05, 3.63) is 35.4 Å². The van der Waals surface area contributed by atoms with Crippen molar-refractivity contribution >= 4 is 29.4 Å². The van der Waals surface area contributed by atoms with Crippen molar-refractivity contribution in [2.24, 2.45) is 0 Å². The van der Waals surface area contributed by atoms with E-state index in [1.54, 1.807) is 28.6 Å². The van der Waals surface area contributed by atoms with Gasteiger partial charge in [0, 0.05) is 23.6 Å². The molecule has 0 aromatic carbocycles. The van der Waals surface area contributed by atoms with Gasteiger partial charge in [0.2, 0.25) is 5.91 Å². The average Bonchev–Trinajstić information content (AvgIpc) is 3.24. The summed E-state index contributed by atoms with van der Waals surface area (Å²) in [5.74, 6) is 1.92. The number of anilines is 1. The predicted octanol–water partition coefficient (Wildman–Crippen LogP) is 2.00. The van der Waals surface area contributed by atoms with Gasteiger partial charge in [0.1, 0.15) is 12.4 Å². The Morgan fingerprint density at radius 2 is 2.30 bits per heavy atom. The van der Waals surface area contributed by atoms with Crippen LogP contribution in [0, 0.1) is 0 Å². The molecule has 0 aliphatic carbocycles. The van der Waals surface area contributed by atoms with E-state index in [-0.39, 0.29) is 24.1 Å². The zero-order chi connectivity index (χ0) is 16.2. The van der Waals surface area contributed by atoms with E-state index >= 15 is 0 Å². The quantitative estimate of drug-likeness (QED) is 0.843. The van der Waals surface area contributed by atoms with Crippen LogP contribution in [0.1, 0.15) is 35.2 Å². The van der Waals surface area contributed by atoms with Gasteiger partial charge < -0.3 is 15.1 Å². The van der Waals surface area contributed by atoms with Gasteiger partial charge >= 0.3 is 0 Å². The second-order valence-corrected chi connectivity index (χ2v) is 6.19. The molecule has 0 saturated heterocycles. The zero-order valence-corrected chi connectivity index (χ0v) is 13.6. The number of carbonyl (C=O) groups is 2. The summed E-state index contributed by atoms with van der Waals surface area (Å²) < 4.78 is 6.68. The molecule has 2 amide bonds. The fourth-order valence-corrected chi connectivity index (χ4v) is 3.39. The molecular formula is C15H18N4O3S. The summed E-state index contributed by atoms with van der Waals surface area (Å²) in [7, 11) is 0. The molecule has 1 aliphatic rings. The molecule has 3 heterocycles. The first-order valence-corrected chi connectivity index (χ1v) is 8.62. The Balaban J connectivity index is 1.80. The molecule has 7 nitrogen and oxygen atoms in total. The Labute approximate surface area is 137 Å². The molecule has 3 rings (SSSR count). The Morgan fingerprint density at radius 1 is 1.43 bits per heavy atom. The van der Waals surface area contributed by atoms with E-state index in [4.69, 9.17) is 4.42 Å². The Morgan fingerprint density at radius 3 is 3.04 bits per heavy atom. The molecule has 0 radical (unpaired) electrons. The van der Waals surface area contributed by atoms with E-state index < -0.39 is 0 Å². The maximum Gasteiger partial charge on any atom is 0.292 e. The van der Waals surface area contributed by atoms with Crippen LogP contribution < -0.4 is 10.6 Å². The number of rotatable bonds is 6. The Bertz CT molecular complexity index is 709. The van der Waals surface area contributed by atoms with Gasteiger partial charge in [0.15, 0.2) is 5.76 Å². The van der Waals surface area contributed by atoms with Crippen LogP contribution in [0.25, 0.3) is 0 Å². The highest BCUT2D eigenvalue weighted by atomic mass is 32.2. The number of aromatic nitrogens is 2. The number of fused-ring (bicyclic) bond motifs is 1. The summed E-state index contributed by atoms with van der Waals surface area (Å²) in [6, 6.07) is 3.25. The summed E-state index contributed by atoms with van der Waals surface area (Å²) >= 11 is 1.74. The van der Waals surface area contributed by atoms with Crippen molar-refractivity contribution in [1.29, 1.82) is 0 Å². The van der Waals surface area contributed by atoms with Crippen molar-refractivity contribution in [3.63, 3.8) is 0 Å². The van der Waals surface area contributed by atoms with Gasteiger partial charge in [-0.3, -0.25) is 9.59 Å². The van der Waals surface area contributed by atoms with Crippen LogP contribution >= 0.6 is 11.8 Å². The monoisotopic (exact) mass is 334 g/mol. The molecule has 2 N–H and O–H groups in total. The van der Waals surface area contributed by atoms with E-state index in [9.17, 15) is 9.59 Å². The molecule has 1 aliphatic heterocycles. The van der Waals surface area contributed by atoms with Gasteiger partial charge in [-0.15, -0.1) is 0 Å². The average molecular weight is 334 g/mol. The molecule has 0 bridgehead atoms. The molecule has 2 aromatic heterocycles. The lowest BCUT2D eigenvalue weighted by atomic mass is 10.2. The maximum atomic E-state index is 12.2. The molecule has 23 heavy (non-hydrogen) atoms. The van der Waals surface area contributed by atoms with Crippen LogP contribution in [0.5, 0.6) is 0 Å². The van der Waals surface area contributed by atoms with Crippen molar-refractivity contribution in [1.82, 2.24) is 15.1 Å². The molecule has 8 heteroatoms. The molecule has 0 fully saturated rings. The third-order valence-corrected chi connectivity index (χ3v) is 4.43. The number of furan rings is 1. The molecule has 0 unspecified atom stereocenters. The van der Waals surface area contributed by atoms with Crippen LogP contribution in [0.15, 0.2) is 22.8 Å². The summed E-state index contributed by atoms with van der Waals surface area (Å²) in [5.41, 5.74) is 1.91. The molecule has 0 saturated carbocycles. The molecule has 2 aromatic rings. The summed E-state index contributed by atoms with van der Waals surface area (Å²) in [4.78, 5) is 24.2. The first kappa shape index (κ1) is 15.7. The SMILES string of the molecule is CCCNC(=O)Cn1nc2c(c1NC(=O)c1ccco1)CSC2. The first-order chi connectivity index (χ1) is 11.2. The van der Waals surface area contributed by atoms with E-state index in [0.717, 1.165) is 29.2 Å². The van der Waals surface area contributed by atoms with E-state index in [0.29, 0.717) is 12.4 Å². The molecular weight excluding hydrogens is 316 g/mol. The third-order valence-electron chi connectivity index (χ3n) is 3.46. The van der Waals surface area contributed by atoms with Crippen LogP contribution in [-0.2, 0) is 22.8 Å². The summed E-state index contributed by atoms with van der Waals surface area (Å²) in [6.45, 7) is 2.71. The number of nitrogens with zero attached hydrogens (tertiary/aromatic N) is 2. The zero-order valence-electron chi connectivity index (χ0n) is 12.8. The number of thioether (sulfide) groups is 1. The van der Waals surface area contributed by atoms with Gasteiger partial charge in [-0.25, -0.2) is 4.68 Å². The van der Waals surface area contributed by atoms with Gasteiger partial charge in [0.05, 0.1) is 12.0 Å². The highest BCUT2D eigenvalue weighted by Crippen LogP contribution is 2.34. The van der Waals surface area contributed by atoms with Crippen LogP contribution in [-0.4, -0.2) is 28.1 Å². The third kappa shape index (κ3) is 3.42. The van der Waals surface area contributed by atoms with Gasteiger partial charge in [-0.2, -0.15) is 16.9 Å². The Kier molecular flexibility index (Phi) is 4.71. The van der Waals surface area contributed by atoms with Crippen LogP contribution in [0.4, 0.5) is 5.82 Å². The highest BCUT2D eigenvalue weighted by molar-refractivity contribution is 7.98.